The molecule has 1 aromatic carbocycles. The molecule has 0 bridgehead atoms. The number of pyridine rings is 1. The molecule has 3 nitrogen and oxygen atoms in total. The average Bonchev–Trinajstić information content (AvgIpc) is 2.80. The van der Waals surface area contributed by atoms with Crippen LogP contribution in [0.4, 0.5) is 4.39 Å². The second-order valence-corrected chi connectivity index (χ2v) is 4.38. The van der Waals surface area contributed by atoms with Gasteiger partial charge in [0.25, 0.3) is 0 Å². The van der Waals surface area contributed by atoms with Crippen molar-refractivity contribution in [2.24, 2.45) is 0 Å². The van der Waals surface area contributed by atoms with E-state index in [-0.39, 0.29) is 5.82 Å². The van der Waals surface area contributed by atoms with E-state index in [1.807, 2.05) is 0 Å². The normalized spacial score (nSPS) is 11.0. The molecule has 0 unspecified atom stereocenters. The highest BCUT2D eigenvalue weighted by Crippen LogP contribution is 2.22. The van der Waals surface area contributed by atoms with Crippen LogP contribution in [-0.4, -0.2) is 15.2 Å². The molecule has 0 aliphatic rings. The standard InChI is InChI=1S/C13H9ClFN3/c14-13-6-12-9(7-16-18-12)11(17-13)5-8-3-1-2-4-10(8)15/h1-4,6-7H,5H2,(H,16,18). The second-order valence-electron chi connectivity index (χ2n) is 3.99. The lowest BCUT2D eigenvalue weighted by molar-refractivity contribution is 0.613. The molecule has 0 atom stereocenters. The van der Waals surface area contributed by atoms with Gasteiger partial charge in [0.15, 0.2) is 0 Å². The van der Waals surface area contributed by atoms with Crippen LogP contribution < -0.4 is 0 Å². The molecular formula is C13H9ClFN3. The van der Waals surface area contributed by atoms with Gasteiger partial charge in [0, 0.05) is 17.9 Å². The summed E-state index contributed by atoms with van der Waals surface area (Å²) < 4.78 is 13.6. The molecule has 0 spiro atoms. The lowest BCUT2D eigenvalue weighted by Gasteiger charge is -2.04. The first-order valence-electron chi connectivity index (χ1n) is 5.46. The van der Waals surface area contributed by atoms with E-state index >= 15 is 0 Å². The molecule has 0 aliphatic carbocycles. The molecule has 0 fully saturated rings. The number of aromatic amines is 1. The zero-order valence-electron chi connectivity index (χ0n) is 9.32. The van der Waals surface area contributed by atoms with Crippen LogP contribution in [0.1, 0.15) is 11.3 Å². The van der Waals surface area contributed by atoms with Crippen molar-refractivity contribution in [1.82, 2.24) is 15.2 Å². The average molecular weight is 262 g/mol. The maximum Gasteiger partial charge on any atom is 0.131 e. The molecule has 0 aliphatic heterocycles. The number of nitrogens with zero attached hydrogens (tertiary/aromatic N) is 2. The molecule has 0 saturated heterocycles. The van der Waals surface area contributed by atoms with E-state index in [0.717, 1.165) is 16.6 Å². The number of aromatic nitrogens is 3. The number of hydrogen-bond donors (Lipinski definition) is 1. The maximum atomic E-state index is 13.6. The van der Waals surface area contributed by atoms with Crippen molar-refractivity contribution in [2.45, 2.75) is 6.42 Å². The van der Waals surface area contributed by atoms with Crippen molar-refractivity contribution in [3.8, 4) is 0 Å². The molecule has 2 heterocycles. The van der Waals surface area contributed by atoms with Gasteiger partial charge in [-0.2, -0.15) is 5.10 Å². The van der Waals surface area contributed by atoms with Gasteiger partial charge in [0.1, 0.15) is 11.0 Å². The zero-order valence-corrected chi connectivity index (χ0v) is 10.1. The Bertz CT molecular complexity index is 708. The SMILES string of the molecule is Fc1ccccc1Cc1nc(Cl)cc2[nH]ncc12. The van der Waals surface area contributed by atoms with Gasteiger partial charge in [-0.1, -0.05) is 29.8 Å². The fraction of sp³-hybridized carbons (Fsp3) is 0.0769. The summed E-state index contributed by atoms with van der Waals surface area (Å²) in [6.07, 6.45) is 2.07. The lowest BCUT2D eigenvalue weighted by atomic mass is 10.1. The zero-order chi connectivity index (χ0) is 12.5. The lowest BCUT2D eigenvalue weighted by Crippen LogP contribution is -1.96. The molecule has 3 aromatic rings. The minimum Gasteiger partial charge on any atom is -0.278 e. The van der Waals surface area contributed by atoms with Gasteiger partial charge in [-0.15, -0.1) is 0 Å². The molecule has 0 radical (unpaired) electrons. The maximum absolute atomic E-state index is 13.6. The summed E-state index contributed by atoms with van der Waals surface area (Å²) in [5.74, 6) is -0.240. The predicted octanol–water partition coefficient (Wildman–Crippen LogP) is 3.34. The van der Waals surface area contributed by atoms with Crippen molar-refractivity contribution in [3.63, 3.8) is 0 Å². The van der Waals surface area contributed by atoms with E-state index in [2.05, 4.69) is 15.2 Å². The van der Waals surface area contributed by atoms with Gasteiger partial charge in [-0.3, -0.25) is 5.10 Å². The Morgan fingerprint density at radius 3 is 2.94 bits per heavy atom. The summed E-state index contributed by atoms with van der Waals surface area (Å²) in [4.78, 5) is 4.25. The van der Waals surface area contributed by atoms with Crippen LogP contribution in [0.25, 0.3) is 10.9 Å². The first-order chi connectivity index (χ1) is 8.74. The quantitative estimate of drug-likeness (QED) is 0.719. The van der Waals surface area contributed by atoms with Crippen molar-refractivity contribution < 1.29 is 4.39 Å². The number of halogens is 2. The van der Waals surface area contributed by atoms with E-state index in [1.54, 1.807) is 30.5 Å². The van der Waals surface area contributed by atoms with E-state index in [1.165, 1.54) is 6.07 Å². The van der Waals surface area contributed by atoms with Gasteiger partial charge < -0.3 is 0 Å². The van der Waals surface area contributed by atoms with Crippen LogP contribution >= 0.6 is 11.6 Å². The Hall–Kier alpha value is -1.94. The van der Waals surface area contributed by atoms with Gasteiger partial charge >= 0.3 is 0 Å². The van der Waals surface area contributed by atoms with Gasteiger partial charge in [0.2, 0.25) is 0 Å². The minimum absolute atomic E-state index is 0.240. The minimum atomic E-state index is -0.240. The second kappa shape index (κ2) is 4.38. The Labute approximate surface area is 108 Å². The van der Waals surface area contributed by atoms with E-state index in [4.69, 9.17) is 11.6 Å². The number of H-pyrrole nitrogens is 1. The van der Waals surface area contributed by atoms with Crippen LogP contribution in [-0.2, 0) is 6.42 Å². The molecule has 0 saturated carbocycles. The van der Waals surface area contributed by atoms with Crippen LogP contribution in [0, 0.1) is 5.82 Å². The van der Waals surface area contributed by atoms with Crippen LogP contribution in [0.3, 0.4) is 0 Å². The Morgan fingerprint density at radius 1 is 1.28 bits per heavy atom. The van der Waals surface area contributed by atoms with Crippen LogP contribution in [0.15, 0.2) is 36.5 Å². The molecule has 90 valence electrons. The number of rotatable bonds is 2. The monoisotopic (exact) mass is 261 g/mol. The highest BCUT2D eigenvalue weighted by atomic mass is 35.5. The molecule has 18 heavy (non-hydrogen) atoms. The van der Waals surface area contributed by atoms with E-state index < -0.39 is 0 Å². The van der Waals surface area contributed by atoms with Crippen molar-refractivity contribution in [2.75, 3.05) is 0 Å². The molecule has 1 N–H and O–H groups in total. The number of fused-ring (bicyclic) bond motifs is 1. The Kier molecular flexibility index (Phi) is 2.72. The topological polar surface area (TPSA) is 41.6 Å². The van der Waals surface area contributed by atoms with Crippen molar-refractivity contribution >= 4 is 22.5 Å². The fourth-order valence-corrected chi connectivity index (χ4v) is 2.14. The Morgan fingerprint density at radius 2 is 2.11 bits per heavy atom. The number of nitrogens with one attached hydrogen (secondary N) is 1. The number of benzene rings is 1. The predicted molar refractivity (Wildman–Crippen MR) is 68.1 cm³/mol. The summed E-state index contributed by atoms with van der Waals surface area (Å²) in [6.45, 7) is 0. The third kappa shape index (κ3) is 1.95. The van der Waals surface area contributed by atoms with E-state index in [0.29, 0.717) is 17.1 Å². The van der Waals surface area contributed by atoms with Crippen molar-refractivity contribution in [3.05, 3.63) is 58.8 Å². The first kappa shape index (κ1) is 11.2. The molecule has 2 aromatic heterocycles. The molecule has 5 heteroatoms. The highest BCUT2D eigenvalue weighted by Gasteiger charge is 2.10. The van der Waals surface area contributed by atoms with Crippen LogP contribution in [0.2, 0.25) is 5.15 Å². The van der Waals surface area contributed by atoms with Gasteiger partial charge in [-0.05, 0) is 11.6 Å². The van der Waals surface area contributed by atoms with E-state index in [9.17, 15) is 4.39 Å². The smallest absolute Gasteiger partial charge is 0.131 e. The molecular weight excluding hydrogens is 253 g/mol. The largest absolute Gasteiger partial charge is 0.278 e. The summed E-state index contributed by atoms with van der Waals surface area (Å²) in [6, 6.07) is 8.35. The summed E-state index contributed by atoms with van der Waals surface area (Å²) in [7, 11) is 0. The summed E-state index contributed by atoms with van der Waals surface area (Å²) in [5.41, 5.74) is 2.12. The highest BCUT2D eigenvalue weighted by molar-refractivity contribution is 6.30. The molecule has 3 rings (SSSR count). The first-order valence-corrected chi connectivity index (χ1v) is 5.84. The number of hydrogen-bond acceptors (Lipinski definition) is 2. The summed E-state index contributed by atoms with van der Waals surface area (Å²) in [5, 5.41) is 8.02. The third-order valence-electron chi connectivity index (χ3n) is 2.80. The fourth-order valence-electron chi connectivity index (χ4n) is 1.93. The summed E-state index contributed by atoms with van der Waals surface area (Å²) >= 11 is 5.93. The molecule has 0 amide bonds. The Balaban J connectivity index is 2.10. The van der Waals surface area contributed by atoms with Gasteiger partial charge in [-0.25, -0.2) is 9.37 Å². The van der Waals surface area contributed by atoms with Crippen LogP contribution in [0.5, 0.6) is 0 Å². The van der Waals surface area contributed by atoms with Crippen molar-refractivity contribution in [1.29, 1.82) is 0 Å². The van der Waals surface area contributed by atoms with Gasteiger partial charge in [0.05, 0.1) is 17.4 Å². The third-order valence-corrected chi connectivity index (χ3v) is 2.99.